The average Bonchev–Trinajstić information content (AvgIpc) is 3.15. The highest BCUT2D eigenvalue weighted by atomic mass is 16.6. The Morgan fingerprint density at radius 2 is 2.21 bits per heavy atom. The van der Waals surface area contributed by atoms with Gasteiger partial charge in [0.25, 0.3) is 0 Å². The number of aromatic nitrogens is 3. The van der Waals surface area contributed by atoms with Crippen LogP contribution in [0.25, 0.3) is 11.0 Å². The van der Waals surface area contributed by atoms with Crippen LogP contribution in [0, 0.1) is 0 Å². The summed E-state index contributed by atoms with van der Waals surface area (Å²) in [7, 11) is 0. The van der Waals surface area contributed by atoms with Crippen molar-refractivity contribution in [2.24, 2.45) is 0 Å². The summed E-state index contributed by atoms with van der Waals surface area (Å²) in [5.41, 5.74) is 1.15. The fourth-order valence-corrected chi connectivity index (χ4v) is 2.73. The van der Waals surface area contributed by atoms with Crippen molar-refractivity contribution in [3.05, 3.63) is 24.3 Å². The lowest BCUT2D eigenvalue weighted by molar-refractivity contribution is 0.00231. The van der Waals surface area contributed by atoms with E-state index in [2.05, 4.69) is 10.3 Å². The molecule has 0 bridgehead atoms. The van der Waals surface area contributed by atoms with E-state index >= 15 is 0 Å². The van der Waals surface area contributed by atoms with Crippen LogP contribution in [0.5, 0.6) is 0 Å². The van der Waals surface area contributed by atoms with E-state index in [1.54, 1.807) is 9.58 Å². The van der Waals surface area contributed by atoms with Gasteiger partial charge in [0, 0.05) is 6.61 Å². The number of ether oxygens (including phenoxy) is 2. The lowest BCUT2D eigenvalue weighted by Gasteiger charge is -2.28. The molecule has 0 aliphatic carbocycles. The minimum absolute atomic E-state index is 0.0484. The van der Waals surface area contributed by atoms with Gasteiger partial charge < -0.3 is 9.47 Å². The Bertz CT molecular complexity index is 701. The number of hydrogen-bond acceptors (Lipinski definition) is 5. The molecule has 0 radical (unpaired) electrons. The molecule has 1 saturated heterocycles. The third kappa shape index (κ3) is 4.03. The number of para-hydroxylation sites is 1. The summed E-state index contributed by atoms with van der Waals surface area (Å²) in [5, 5.41) is 8.31. The van der Waals surface area contributed by atoms with Crippen LogP contribution in [0.15, 0.2) is 24.3 Å². The van der Waals surface area contributed by atoms with Crippen molar-refractivity contribution in [2.75, 3.05) is 13.2 Å². The molecule has 24 heavy (non-hydrogen) atoms. The first kappa shape index (κ1) is 16.7. The van der Waals surface area contributed by atoms with E-state index in [0.29, 0.717) is 6.54 Å². The van der Waals surface area contributed by atoms with Crippen LogP contribution >= 0.6 is 0 Å². The third-order valence-corrected chi connectivity index (χ3v) is 3.82. The molecule has 2 heterocycles. The Hall–Kier alpha value is -2.15. The molecule has 7 nitrogen and oxygen atoms in total. The predicted octanol–water partition coefficient (Wildman–Crippen LogP) is 2.80. The maximum atomic E-state index is 12.6. The Balaban J connectivity index is 1.79. The maximum absolute atomic E-state index is 12.6. The highest BCUT2D eigenvalue weighted by Gasteiger charge is 2.27. The van der Waals surface area contributed by atoms with Gasteiger partial charge in [-0.1, -0.05) is 17.3 Å². The van der Waals surface area contributed by atoms with Crippen LogP contribution in [0.2, 0.25) is 0 Å². The quantitative estimate of drug-likeness (QED) is 0.861. The van der Waals surface area contributed by atoms with Gasteiger partial charge in [-0.3, -0.25) is 4.90 Å². The molecule has 1 aromatic heterocycles. The number of hydrogen-bond donors (Lipinski definition) is 0. The van der Waals surface area contributed by atoms with E-state index in [1.807, 2.05) is 45.0 Å². The van der Waals surface area contributed by atoms with Crippen LogP contribution in [0.1, 0.15) is 33.6 Å². The van der Waals surface area contributed by atoms with Gasteiger partial charge in [0.05, 0.1) is 18.2 Å². The molecule has 1 unspecified atom stereocenters. The lowest BCUT2D eigenvalue weighted by Crippen LogP contribution is -2.42. The number of benzene rings is 1. The molecule has 2 aromatic rings. The molecule has 130 valence electrons. The summed E-state index contributed by atoms with van der Waals surface area (Å²) in [6.07, 6.45) is 1.67. The van der Waals surface area contributed by atoms with E-state index < -0.39 is 5.60 Å². The molecule has 1 amide bonds. The van der Waals surface area contributed by atoms with Crippen molar-refractivity contribution >= 4 is 17.1 Å². The lowest BCUT2D eigenvalue weighted by atomic mass is 10.2. The number of amides is 1. The monoisotopic (exact) mass is 332 g/mol. The Morgan fingerprint density at radius 3 is 2.92 bits per heavy atom. The zero-order valence-electron chi connectivity index (χ0n) is 14.4. The number of carbonyl (C=O) groups excluding carboxylic acids is 1. The second-order valence-corrected chi connectivity index (χ2v) is 7.06. The average molecular weight is 332 g/mol. The Kier molecular flexibility index (Phi) is 4.71. The minimum Gasteiger partial charge on any atom is -0.444 e. The topological polar surface area (TPSA) is 69.5 Å². The van der Waals surface area contributed by atoms with Gasteiger partial charge >= 0.3 is 6.09 Å². The van der Waals surface area contributed by atoms with Gasteiger partial charge in [0.2, 0.25) is 0 Å². The van der Waals surface area contributed by atoms with Gasteiger partial charge in [-0.15, -0.1) is 5.10 Å². The standard InChI is InChI=1S/C17H24N4O3/c1-17(2,3)24-16(22)20(11-13-7-6-10-23-13)12-21-15-9-5-4-8-14(15)18-19-21/h4-5,8-9,13H,6-7,10-12H2,1-3H3. The molecule has 1 aliphatic rings. The summed E-state index contributed by atoms with van der Waals surface area (Å²) >= 11 is 0. The van der Waals surface area contributed by atoms with Crippen LogP contribution in [-0.4, -0.2) is 50.8 Å². The van der Waals surface area contributed by atoms with Gasteiger partial charge in [-0.05, 0) is 45.7 Å². The molecule has 1 aliphatic heterocycles. The first-order valence-electron chi connectivity index (χ1n) is 8.30. The Morgan fingerprint density at radius 1 is 1.42 bits per heavy atom. The van der Waals surface area contributed by atoms with Crippen molar-refractivity contribution < 1.29 is 14.3 Å². The van der Waals surface area contributed by atoms with Crippen molar-refractivity contribution in [3.8, 4) is 0 Å². The zero-order chi connectivity index (χ0) is 17.2. The molecular weight excluding hydrogens is 308 g/mol. The highest BCUT2D eigenvalue weighted by molar-refractivity contribution is 5.74. The van der Waals surface area contributed by atoms with Gasteiger partial charge in [0.15, 0.2) is 0 Å². The van der Waals surface area contributed by atoms with Crippen LogP contribution in [-0.2, 0) is 16.1 Å². The SMILES string of the molecule is CC(C)(C)OC(=O)N(CC1CCCO1)Cn1nnc2ccccc21. The first-order valence-corrected chi connectivity index (χ1v) is 8.30. The van der Waals surface area contributed by atoms with Gasteiger partial charge in [0.1, 0.15) is 17.8 Å². The molecule has 0 N–H and O–H groups in total. The fraction of sp³-hybridized carbons (Fsp3) is 0.588. The highest BCUT2D eigenvalue weighted by Crippen LogP contribution is 2.18. The molecule has 7 heteroatoms. The zero-order valence-corrected chi connectivity index (χ0v) is 14.4. The third-order valence-electron chi connectivity index (χ3n) is 3.82. The smallest absolute Gasteiger partial charge is 0.411 e. The Labute approximate surface area is 141 Å². The van der Waals surface area contributed by atoms with E-state index in [9.17, 15) is 4.79 Å². The van der Waals surface area contributed by atoms with Crippen molar-refractivity contribution in [1.82, 2.24) is 19.9 Å². The number of rotatable bonds is 4. The van der Waals surface area contributed by atoms with Crippen molar-refractivity contribution in [2.45, 2.75) is 52.0 Å². The predicted molar refractivity (Wildman–Crippen MR) is 89.4 cm³/mol. The second-order valence-electron chi connectivity index (χ2n) is 7.06. The number of carbonyl (C=O) groups is 1. The van der Waals surface area contributed by atoms with E-state index in [1.165, 1.54) is 0 Å². The summed E-state index contributed by atoms with van der Waals surface area (Å²) in [5.74, 6) is 0. The van der Waals surface area contributed by atoms with E-state index in [-0.39, 0.29) is 18.9 Å². The van der Waals surface area contributed by atoms with Crippen LogP contribution in [0.3, 0.4) is 0 Å². The van der Waals surface area contributed by atoms with E-state index in [0.717, 1.165) is 30.5 Å². The molecule has 1 fully saturated rings. The van der Waals surface area contributed by atoms with Crippen molar-refractivity contribution in [3.63, 3.8) is 0 Å². The molecular formula is C17H24N4O3. The van der Waals surface area contributed by atoms with Crippen molar-refractivity contribution in [1.29, 1.82) is 0 Å². The first-order chi connectivity index (χ1) is 11.4. The summed E-state index contributed by atoms with van der Waals surface area (Å²) < 4.78 is 12.9. The summed E-state index contributed by atoms with van der Waals surface area (Å²) in [6.45, 7) is 7.11. The van der Waals surface area contributed by atoms with Gasteiger partial charge in [-0.2, -0.15) is 0 Å². The second kappa shape index (κ2) is 6.76. The molecule has 0 saturated carbocycles. The van der Waals surface area contributed by atoms with Crippen LogP contribution < -0.4 is 0 Å². The fourth-order valence-electron chi connectivity index (χ4n) is 2.73. The normalized spacial score (nSPS) is 18.0. The van der Waals surface area contributed by atoms with E-state index in [4.69, 9.17) is 9.47 Å². The summed E-state index contributed by atoms with van der Waals surface area (Å²) in [4.78, 5) is 14.2. The molecule has 3 rings (SSSR count). The molecule has 0 spiro atoms. The number of nitrogens with zero attached hydrogens (tertiary/aromatic N) is 4. The number of fused-ring (bicyclic) bond motifs is 1. The van der Waals surface area contributed by atoms with Gasteiger partial charge in [-0.25, -0.2) is 9.48 Å². The molecule has 1 atom stereocenters. The van der Waals surface area contributed by atoms with Crippen LogP contribution in [0.4, 0.5) is 4.79 Å². The molecule has 1 aromatic carbocycles. The largest absolute Gasteiger partial charge is 0.444 e. The minimum atomic E-state index is -0.545. The summed E-state index contributed by atoms with van der Waals surface area (Å²) in [6, 6.07) is 7.69. The maximum Gasteiger partial charge on any atom is 0.411 e.